The van der Waals surface area contributed by atoms with Crippen molar-refractivity contribution in [1.29, 1.82) is 0 Å². The standard InChI is InChI=1S/C14H20N4O2S/c1-10-12(21-9-16-10)2-3-13(19)18-7-6-17-5-4-15-14(20)11(17)8-18/h9,11H,2-8H2,1H3,(H,15,20). The van der Waals surface area contributed by atoms with Gasteiger partial charge >= 0.3 is 0 Å². The average Bonchev–Trinajstić information content (AvgIpc) is 2.90. The fraction of sp³-hybridized carbons (Fsp3) is 0.643. The minimum Gasteiger partial charge on any atom is -0.353 e. The minimum absolute atomic E-state index is 0.0528. The molecule has 2 aliphatic rings. The maximum atomic E-state index is 12.3. The number of nitrogens with zero attached hydrogens (tertiary/aromatic N) is 3. The minimum atomic E-state index is -0.165. The van der Waals surface area contributed by atoms with E-state index in [1.54, 1.807) is 11.3 Å². The van der Waals surface area contributed by atoms with Gasteiger partial charge in [-0.1, -0.05) is 0 Å². The molecule has 0 aromatic carbocycles. The summed E-state index contributed by atoms with van der Waals surface area (Å²) >= 11 is 1.60. The smallest absolute Gasteiger partial charge is 0.239 e. The van der Waals surface area contributed by atoms with Gasteiger partial charge in [0.2, 0.25) is 11.8 Å². The first kappa shape index (κ1) is 14.5. The monoisotopic (exact) mass is 308 g/mol. The second kappa shape index (κ2) is 6.11. The zero-order valence-corrected chi connectivity index (χ0v) is 13.0. The summed E-state index contributed by atoms with van der Waals surface area (Å²) < 4.78 is 0. The van der Waals surface area contributed by atoms with Gasteiger partial charge < -0.3 is 10.2 Å². The molecule has 1 N–H and O–H groups in total. The molecule has 6 nitrogen and oxygen atoms in total. The number of nitrogens with one attached hydrogen (secondary N) is 1. The van der Waals surface area contributed by atoms with Crippen molar-refractivity contribution in [3.05, 3.63) is 16.1 Å². The van der Waals surface area contributed by atoms with Crippen molar-refractivity contribution in [3.8, 4) is 0 Å². The molecule has 0 aliphatic carbocycles. The van der Waals surface area contributed by atoms with E-state index in [0.717, 1.165) is 31.7 Å². The lowest BCUT2D eigenvalue weighted by Crippen LogP contribution is -2.64. The Balaban J connectivity index is 1.56. The van der Waals surface area contributed by atoms with Crippen molar-refractivity contribution in [2.24, 2.45) is 0 Å². The van der Waals surface area contributed by atoms with Crippen LogP contribution in [0.25, 0.3) is 0 Å². The Morgan fingerprint density at radius 3 is 3.10 bits per heavy atom. The number of aryl methyl sites for hydroxylation is 2. The van der Waals surface area contributed by atoms with E-state index in [0.29, 0.717) is 19.5 Å². The van der Waals surface area contributed by atoms with Gasteiger partial charge in [-0.3, -0.25) is 14.5 Å². The maximum Gasteiger partial charge on any atom is 0.239 e. The predicted octanol–water partition coefficient (Wildman–Crippen LogP) is 0.0267. The zero-order chi connectivity index (χ0) is 14.8. The van der Waals surface area contributed by atoms with Crippen molar-refractivity contribution in [3.63, 3.8) is 0 Å². The molecule has 114 valence electrons. The van der Waals surface area contributed by atoms with Crippen molar-refractivity contribution in [1.82, 2.24) is 20.1 Å². The van der Waals surface area contributed by atoms with Crippen molar-refractivity contribution in [2.45, 2.75) is 25.8 Å². The van der Waals surface area contributed by atoms with Gasteiger partial charge in [0.25, 0.3) is 0 Å². The van der Waals surface area contributed by atoms with E-state index in [1.165, 1.54) is 4.88 Å². The Morgan fingerprint density at radius 2 is 2.33 bits per heavy atom. The second-order valence-electron chi connectivity index (χ2n) is 5.54. The zero-order valence-electron chi connectivity index (χ0n) is 12.2. The number of carbonyl (C=O) groups is 2. The SMILES string of the molecule is Cc1ncsc1CCC(=O)N1CCN2CCNC(=O)C2C1. The molecule has 1 aromatic heterocycles. The van der Waals surface area contributed by atoms with Crippen molar-refractivity contribution in [2.75, 3.05) is 32.7 Å². The van der Waals surface area contributed by atoms with E-state index in [4.69, 9.17) is 0 Å². The molecular weight excluding hydrogens is 288 g/mol. The summed E-state index contributed by atoms with van der Waals surface area (Å²) in [5.74, 6) is 0.192. The van der Waals surface area contributed by atoms with E-state index in [1.807, 2.05) is 17.3 Å². The number of carbonyl (C=O) groups excluding carboxylic acids is 2. The summed E-state index contributed by atoms with van der Waals surface area (Å²) in [6.45, 7) is 5.62. The number of aromatic nitrogens is 1. The van der Waals surface area contributed by atoms with E-state index in [9.17, 15) is 9.59 Å². The van der Waals surface area contributed by atoms with Crippen LogP contribution in [0.4, 0.5) is 0 Å². The van der Waals surface area contributed by atoms with Crippen molar-refractivity contribution < 1.29 is 9.59 Å². The van der Waals surface area contributed by atoms with Crippen LogP contribution in [-0.2, 0) is 16.0 Å². The lowest BCUT2D eigenvalue weighted by Gasteiger charge is -2.43. The number of thiazole rings is 1. The Labute approximate surface area is 128 Å². The van der Waals surface area contributed by atoms with Gasteiger partial charge in [0.05, 0.1) is 11.2 Å². The third-order valence-electron chi connectivity index (χ3n) is 4.26. The van der Waals surface area contributed by atoms with Gasteiger partial charge in [-0.15, -0.1) is 11.3 Å². The molecule has 2 saturated heterocycles. The van der Waals surface area contributed by atoms with Crippen LogP contribution in [0.2, 0.25) is 0 Å². The van der Waals surface area contributed by atoms with Crippen molar-refractivity contribution >= 4 is 23.2 Å². The number of piperazine rings is 2. The number of fused-ring (bicyclic) bond motifs is 1. The van der Waals surface area contributed by atoms with Crippen LogP contribution in [0.5, 0.6) is 0 Å². The summed E-state index contributed by atoms with van der Waals surface area (Å²) in [7, 11) is 0. The Kier molecular flexibility index (Phi) is 4.21. The molecule has 7 heteroatoms. The van der Waals surface area contributed by atoms with Crippen LogP contribution in [0, 0.1) is 6.92 Å². The second-order valence-corrected chi connectivity index (χ2v) is 6.48. The third-order valence-corrected chi connectivity index (χ3v) is 5.25. The highest BCUT2D eigenvalue weighted by Crippen LogP contribution is 2.17. The van der Waals surface area contributed by atoms with Crippen LogP contribution in [0.3, 0.4) is 0 Å². The Morgan fingerprint density at radius 1 is 1.48 bits per heavy atom. The normalized spacial score (nSPS) is 22.8. The molecule has 0 saturated carbocycles. The summed E-state index contributed by atoms with van der Waals surface area (Å²) in [6, 6.07) is -0.165. The average molecular weight is 308 g/mol. The van der Waals surface area contributed by atoms with Gasteiger partial charge in [0.15, 0.2) is 0 Å². The lowest BCUT2D eigenvalue weighted by atomic mass is 10.1. The van der Waals surface area contributed by atoms with E-state index in [-0.39, 0.29) is 17.9 Å². The summed E-state index contributed by atoms with van der Waals surface area (Å²) in [6.07, 6.45) is 1.24. The molecular formula is C14H20N4O2S. The van der Waals surface area contributed by atoms with Gasteiger partial charge in [0, 0.05) is 44.0 Å². The van der Waals surface area contributed by atoms with Crippen LogP contribution >= 0.6 is 11.3 Å². The van der Waals surface area contributed by atoms with Gasteiger partial charge in [-0.05, 0) is 13.3 Å². The van der Waals surface area contributed by atoms with Crippen LogP contribution < -0.4 is 5.32 Å². The first-order valence-electron chi connectivity index (χ1n) is 7.33. The molecule has 0 spiro atoms. The number of rotatable bonds is 3. The Hall–Kier alpha value is -1.47. The number of hydrogen-bond donors (Lipinski definition) is 1. The molecule has 2 amide bonds. The predicted molar refractivity (Wildman–Crippen MR) is 80.1 cm³/mol. The fourth-order valence-electron chi connectivity index (χ4n) is 2.95. The molecule has 0 radical (unpaired) electrons. The Bertz CT molecular complexity index is 545. The van der Waals surface area contributed by atoms with E-state index < -0.39 is 0 Å². The largest absolute Gasteiger partial charge is 0.353 e. The first-order chi connectivity index (χ1) is 10.1. The molecule has 0 bridgehead atoms. The molecule has 21 heavy (non-hydrogen) atoms. The number of amides is 2. The molecule has 1 aromatic rings. The third kappa shape index (κ3) is 3.08. The summed E-state index contributed by atoms with van der Waals surface area (Å²) in [5.41, 5.74) is 2.84. The molecule has 3 rings (SSSR count). The highest BCUT2D eigenvalue weighted by molar-refractivity contribution is 7.09. The van der Waals surface area contributed by atoms with Crippen LogP contribution in [0.1, 0.15) is 17.0 Å². The van der Waals surface area contributed by atoms with Gasteiger partial charge in [0.1, 0.15) is 6.04 Å². The molecule has 1 atom stereocenters. The molecule has 1 unspecified atom stereocenters. The van der Waals surface area contributed by atoms with Crippen LogP contribution in [-0.4, -0.2) is 65.4 Å². The van der Waals surface area contributed by atoms with Gasteiger partial charge in [-0.25, -0.2) is 4.98 Å². The van der Waals surface area contributed by atoms with E-state index >= 15 is 0 Å². The van der Waals surface area contributed by atoms with E-state index in [2.05, 4.69) is 15.2 Å². The highest BCUT2D eigenvalue weighted by atomic mass is 32.1. The summed E-state index contributed by atoms with van der Waals surface area (Å²) in [5, 5.41) is 2.88. The fourth-order valence-corrected chi connectivity index (χ4v) is 3.73. The lowest BCUT2D eigenvalue weighted by molar-refractivity contribution is -0.139. The first-order valence-corrected chi connectivity index (χ1v) is 8.21. The molecule has 3 heterocycles. The maximum absolute atomic E-state index is 12.3. The van der Waals surface area contributed by atoms with Gasteiger partial charge in [-0.2, -0.15) is 0 Å². The van der Waals surface area contributed by atoms with Crippen LogP contribution in [0.15, 0.2) is 5.51 Å². The topological polar surface area (TPSA) is 65.5 Å². The molecule has 2 aliphatic heterocycles. The highest BCUT2D eigenvalue weighted by Gasteiger charge is 2.36. The quantitative estimate of drug-likeness (QED) is 0.855. The summed E-state index contributed by atoms with van der Waals surface area (Å²) in [4.78, 5) is 33.6. The number of hydrogen-bond acceptors (Lipinski definition) is 5. The molecule has 2 fully saturated rings.